The summed E-state index contributed by atoms with van der Waals surface area (Å²) in [6.45, 7) is -0.104. The van der Waals surface area contributed by atoms with Crippen molar-refractivity contribution in [1.29, 1.82) is 0 Å². The molecule has 0 radical (unpaired) electrons. The largest absolute Gasteiger partial charge is 0.349 e. The Labute approximate surface area is 159 Å². The predicted octanol–water partition coefficient (Wildman–Crippen LogP) is 4.01. The van der Waals surface area contributed by atoms with Gasteiger partial charge in [-0.15, -0.1) is 0 Å². The Hall–Kier alpha value is -2.51. The van der Waals surface area contributed by atoms with Crippen LogP contribution >= 0.6 is 23.8 Å². The molecule has 0 atom stereocenters. The molecule has 3 aromatic rings. The van der Waals surface area contributed by atoms with Crippen molar-refractivity contribution in [2.45, 2.75) is 6.54 Å². The first-order valence-electron chi connectivity index (χ1n) is 7.93. The SMILES string of the molecule is O=C(NCCF)c1ccc(Cn2[nH]c(-c3ccccc3Cl)nc2=S)cc1. The number of nitrogens with one attached hydrogen (secondary N) is 2. The number of nitrogens with zero attached hydrogens (tertiary/aromatic N) is 2. The smallest absolute Gasteiger partial charge is 0.251 e. The second-order valence-electron chi connectivity index (χ2n) is 5.56. The summed E-state index contributed by atoms with van der Waals surface area (Å²) in [6.07, 6.45) is 0. The fourth-order valence-electron chi connectivity index (χ4n) is 2.44. The van der Waals surface area contributed by atoms with Crippen molar-refractivity contribution >= 4 is 29.7 Å². The van der Waals surface area contributed by atoms with Crippen LogP contribution in [0.25, 0.3) is 11.4 Å². The van der Waals surface area contributed by atoms with E-state index in [9.17, 15) is 9.18 Å². The van der Waals surface area contributed by atoms with Gasteiger partial charge in [0.15, 0.2) is 5.82 Å². The van der Waals surface area contributed by atoms with E-state index in [0.717, 1.165) is 11.1 Å². The van der Waals surface area contributed by atoms with E-state index in [1.165, 1.54) is 0 Å². The van der Waals surface area contributed by atoms with E-state index < -0.39 is 6.67 Å². The van der Waals surface area contributed by atoms with Gasteiger partial charge in [-0.05, 0) is 42.0 Å². The third kappa shape index (κ3) is 4.17. The summed E-state index contributed by atoms with van der Waals surface area (Å²) >= 11 is 11.5. The van der Waals surface area contributed by atoms with Crippen molar-refractivity contribution in [3.8, 4) is 11.4 Å². The van der Waals surface area contributed by atoms with Crippen molar-refractivity contribution in [2.75, 3.05) is 13.2 Å². The molecule has 0 bridgehead atoms. The molecule has 134 valence electrons. The molecule has 0 aliphatic rings. The van der Waals surface area contributed by atoms with Gasteiger partial charge in [-0.3, -0.25) is 14.6 Å². The summed E-state index contributed by atoms with van der Waals surface area (Å²) in [5, 5.41) is 6.23. The van der Waals surface area contributed by atoms with E-state index in [2.05, 4.69) is 15.4 Å². The molecule has 0 saturated carbocycles. The van der Waals surface area contributed by atoms with Crippen LogP contribution in [0.3, 0.4) is 0 Å². The zero-order chi connectivity index (χ0) is 18.5. The van der Waals surface area contributed by atoms with E-state index in [-0.39, 0.29) is 12.5 Å². The van der Waals surface area contributed by atoms with Crippen LogP contribution in [0.5, 0.6) is 0 Å². The lowest BCUT2D eigenvalue weighted by Gasteiger charge is -2.06. The monoisotopic (exact) mass is 390 g/mol. The number of halogens is 2. The molecule has 26 heavy (non-hydrogen) atoms. The van der Waals surface area contributed by atoms with Crippen molar-refractivity contribution in [3.63, 3.8) is 0 Å². The van der Waals surface area contributed by atoms with Gasteiger partial charge in [-0.25, -0.2) is 4.39 Å². The Balaban J connectivity index is 1.76. The van der Waals surface area contributed by atoms with E-state index in [1.54, 1.807) is 22.9 Å². The summed E-state index contributed by atoms with van der Waals surface area (Å²) in [7, 11) is 0. The summed E-state index contributed by atoms with van der Waals surface area (Å²) in [4.78, 5) is 16.1. The van der Waals surface area contributed by atoms with Crippen LogP contribution in [0.15, 0.2) is 48.5 Å². The fraction of sp³-hybridized carbons (Fsp3) is 0.167. The summed E-state index contributed by atoms with van der Waals surface area (Å²) in [5.74, 6) is 0.302. The highest BCUT2D eigenvalue weighted by Gasteiger charge is 2.09. The number of aromatic amines is 1. The number of rotatable bonds is 6. The maximum atomic E-state index is 12.1. The molecule has 0 aliphatic heterocycles. The molecule has 0 aliphatic carbocycles. The maximum Gasteiger partial charge on any atom is 0.251 e. The van der Waals surface area contributed by atoms with Crippen molar-refractivity contribution < 1.29 is 9.18 Å². The lowest BCUT2D eigenvalue weighted by Crippen LogP contribution is -2.25. The normalized spacial score (nSPS) is 10.7. The third-order valence-electron chi connectivity index (χ3n) is 3.75. The number of hydrogen-bond acceptors (Lipinski definition) is 3. The quantitative estimate of drug-likeness (QED) is 0.625. The maximum absolute atomic E-state index is 12.1. The molecule has 1 amide bonds. The number of amides is 1. The zero-order valence-corrected chi connectivity index (χ0v) is 15.3. The Morgan fingerprint density at radius 1 is 1.23 bits per heavy atom. The summed E-state index contributed by atoms with van der Waals surface area (Å²) < 4.78 is 14.3. The molecule has 5 nitrogen and oxygen atoms in total. The van der Waals surface area contributed by atoms with E-state index in [0.29, 0.717) is 27.7 Å². The highest BCUT2D eigenvalue weighted by Crippen LogP contribution is 2.24. The van der Waals surface area contributed by atoms with Gasteiger partial charge in [0.1, 0.15) is 6.67 Å². The van der Waals surface area contributed by atoms with Crippen LogP contribution in [-0.4, -0.2) is 33.9 Å². The summed E-state index contributed by atoms with van der Waals surface area (Å²) in [5.41, 5.74) is 2.20. The molecule has 0 fully saturated rings. The molecule has 8 heteroatoms. The average Bonchev–Trinajstić information content (AvgIpc) is 3.01. The predicted molar refractivity (Wildman–Crippen MR) is 102 cm³/mol. The highest BCUT2D eigenvalue weighted by molar-refractivity contribution is 7.71. The second kappa shape index (κ2) is 8.25. The van der Waals surface area contributed by atoms with Crippen LogP contribution in [0.1, 0.15) is 15.9 Å². The molecule has 0 spiro atoms. The molecular weight excluding hydrogens is 375 g/mol. The van der Waals surface area contributed by atoms with Gasteiger partial charge in [0.25, 0.3) is 5.91 Å². The van der Waals surface area contributed by atoms with E-state index in [1.807, 2.05) is 30.3 Å². The Morgan fingerprint density at radius 2 is 1.96 bits per heavy atom. The van der Waals surface area contributed by atoms with Gasteiger partial charge in [0, 0.05) is 17.7 Å². The molecule has 3 rings (SSSR count). The molecule has 2 aromatic carbocycles. The summed E-state index contributed by atoms with van der Waals surface area (Å²) in [6, 6.07) is 14.4. The Bertz CT molecular complexity index is 968. The highest BCUT2D eigenvalue weighted by atomic mass is 35.5. The average molecular weight is 391 g/mol. The van der Waals surface area contributed by atoms with Gasteiger partial charge in [-0.1, -0.05) is 35.9 Å². The van der Waals surface area contributed by atoms with Crippen LogP contribution in [0.4, 0.5) is 4.39 Å². The van der Waals surface area contributed by atoms with Crippen LogP contribution in [0, 0.1) is 4.77 Å². The first-order chi connectivity index (χ1) is 12.6. The van der Waals surface area contributed by atoms with Crippen molar-refractivity contribution in [3.05, 3.63) is 69.5 Å². The number of aromatic nitrogens is 3. The second-order valence-corrected chi connectivity index (χ2v) is 6.33. The van der Waals surface area contributed by atoms with E-state index in [4.69, 9.17) is 23.8 Å². The first-order valence-corrected chi connectivity index (χ1v) is 8.72. The molecule has 1 heterocycles. The van der Waals surface area contributed by atoms with Crippen LogP contribution in [0.2, 0.25) is 5.02 Å². The lowest BCUT2D eigenvalue weighted by molar-refractivity contribution is 0.0951. The molecule has 1 aromatic heterocycles. The van der Waals surface area contributed by atoms with Crippen LogP contribution < -0.4 is 5.32 Å². The lowest BCUT2D eigenvalue weighted by atomic mass is 10.1. The topological polar surface area (TPSA) is 62.7 Å². The Kier molecular flexibility index (Phi) is 5.80. The van der Waals surface area contributed by atoms with Crippen LogP contribution in [-0.2, 0) is 6.54 Å². The van der Waals surface area contributed by atoms with E-state index >= 15 is 0 Å². The molecule has 0 saturated heterocycles. The fourth-order valence-corrected chi connectivity index (χ4v) is 2.87. The molecule has 2 N–H and O–H groups in total. The number of benzene rings is 2. The van der Waals surface area contributed by atoms with Gasteiger partial charge >= 0.3 is 0 Å². The van der Waals surface area contributed by atoms with Gasteiger partial charge in [0.2, 0.25) is 4.77 Å². The number of carbonyl (C=O) groups is 1. The van der Waals surface area contributed by atoms with Gasteiger partial charge in [0.05, 0.1) is 11.6 Å². The number of carbonyl (C=O) groups excluding carboxylic acids is 1. The third-order valence-corrected chi connectivity index (χ3v) is 4.39. The first kappa shape index (κ1) is 18.3. The minimum Gasteiger partial charge on any atom is -0.349 e. The minimum absolute atomic E-state index is 0.00865. The van der Waals surface area contributed by atoms with Crippen molar-refractivity contribution in [1.82, 2.24) is 20.1 Å². The zero-order valence-electron chi connectivity index (χ0n) is 13.7. The number of hydrogen-bond donors (Lipinski definition) is 2. The molecule has 0 unspecified atom stereocenters. The van der Waals surface area contributed by atoms with Gasteiger partial charge in [-0.2, -0.15) is 4.98 Å². The van der Waals surface area contributed by atoms with Crippen molar-refractivity contribution in [2.24, 2.45) is 0 Å². The Morgan fingerprint density at radius 3 is 2.65 bits per heavy atom. The van der Waals surface area contributed by atoms with Gasteiger partial charge < -0.3 is 5.32 Å². The standard InChI is InChI=1S/C18H16ClFN4OS/c19-15-4-2-1-3-14(15)16-22-18(26)24(23-16)11-12-5-7-13(8-6-12)17(25)21-10-9-20/h1-8H,9-11H2,(H,21,25)(H,22,23,26). The number of alkyl halides is 1. The molecular formula is C18H16ClFN4OS. The number of H-pyrrole nitrogens is 1. The minimum atomic E-state index is -0.588.